The van der Waals surface area contributed by atoms with Crippen molar-refractivity contribution in [1.82, 2.24) is 9.88 Å². The van der Waals surface area contributed by atoms with Crippen molar-refractivity contribution in [3.8, 4) is 0 Å². The summed E-state index contributed by atoms with van der Waals surface area (Å²) in [5.74, 6) is 0.806. The fourth-order valence-corrected chi connectivity index (χ4v) is 2.44. The number of hydrogen-bond donors (Lipinski definition) is 1. The quantitative estimate of drug-likeness (QED) is 0.916. The molecule has 0 spiro atoms. The first-order valence-corrected chi connectivity index (χ1v) is 7.24. The minimum Gasteiger partial charge on any atom is -0.372 e. The molecule has 2 atom stereocenters. The Hall–Kier alpha value is -1.62. The van der Waals surface area contributed by atoms with E-state index >= 15 is 0 Å². The van der Waals surface area contributed by atoms with Crippen molar-refractivity contribution in [2.75, 3.05) is 25.0 Å². The molecule has 5 nitrogen and oxygen atoms in total. The van der Waals surface area contributed by atoms with Crippen LogP contribution in [0.15, 0.2) is 18.3 Å². The fourth-order valence-electron chi connectivity index (χ4n) is 2.44. The van der Waals surface area contributed by atoms with E-state index in [0.717, 1.165) is 18.8 Å². The van der Waals surface area contributed by atoms with Crippen LogP contribution in [0, 0.1) is 0 Å². The molecule has 0 radical (unpaired) electrons. The van der Waals surface area contributed by atoms with E-state index in [4.69, 9.17) is 4.74 Å². The number of nitrogens with zero attached hydrogens (tertiary/aromatic N) is 2. The molecule has 0 aliphatic carbocycles. The van der Waals surface area contributed by atoms with Crippen molar-refractivity contribution in [1.29, 1.82) is 0 Å². The largest absolute Gasteiger partial charge is 0.372 e. The molecule has 2 unspecified atom stereocenters. The lowest BCUT2D eigenvalue weighted by atomic mass is 10.1. The van der Waals surface area contributed by atoms with Gasteiger partial charge < -0.3 is 15.0 Å². The first kappa shape index (κ1) is 14.8. The van der Waals surface area contributed by atoms with Crippen LogP contribution in [0.2, 0.25) is 0 Å². The molecule has 1 saturated heterocycles. The van der Waals surface area contributed by atoms with E-state index in [0.29, 0.717) is 18.7 Å². The van der Waals surface area contributed by atoms with Crippen molar-refractivity contribution in [2.45, 2.75) is 39.4 Å². The zero-order chi connectivity index (χ0) is 14.5. The number of morpholine rings is 1. The summed E-state index contributed by atoms with van der Waals surface area (Å²) >= 11 is 0. The number of carbonyl (C=O) groups is 1. The molecule has 1 N–H and O–H groups in total. The third-order valence-corrected chi connectivity index (χ3v) is 3.27. The first-order valence-electron chi connectivity index (χ1n) is 7.24. The van der Waals surface area contributed by atoms with Crippen molar-refractivity contribution in [3.63, 3.8) is 0 Å². The van der Waals surface area contributed by atoms with Gasteiger partial charge in [-0.2, -0.15) is 0 Å². The van der Waals surface area contributed by atoms with Gasteiger partial charge in [0.15, 0.2) is 0 Å². The Kier molecular flexibility index (Phi) is 4.95. The van der Waals surface area contributed by atoms with Crippen molar-refractivity contribution >= 4 is 11.7 Å². The molecule has 2 heterocycles. The van der Waals surface area contributed by atoms with Crippen molar-refractivity contribution in [3.05, 3.63) is 23.9 Å². The Morgan fingerprint density at radius 1 is 1.45 bits per heavy atom. The lowest BCUT2D eigenvalue weighted by Crippen LogP contribution is -2.48. The second-order valence-corrected chi connectivity index (χ2v) is 5.32. The van der Waals surface area contributed by atoms with Gasteiger partial charge in [0.1, 0.15) is 5.82 Å². The third kappa shape index (κ3) is 3.70. The number of aromatic nitrogens is 1. The van der Waals surface area contributed by atoms with Gasteiger partial charge in [-0.05, 0) is 32.4 Å². The maximum Gasteiger partial charge on any atom is 0.254 e. The SMILES string of the molecule is CCCNc1cc(C(=O)N2CC(C)OC(C)C2)ccn1. The van der Waals surface area contributed by atoms with Crippen molar-refractivity contribution < 1.29 is 9.53 Å². The van der Waals surface area contributed by atoms with E-state index in [-0.39, 0.29) is 18.1 Å². The van der Waals surface area contributed by atoms with E-state index in [1.54, 1.807) is 12.3 Å². The lowest BCUT2D eigenvalue weighted by Gasteiger charge is -2.35. The molecule has 0 bridgehead atoms. The number of amides is 1. The van der Waals surface area contributed by atoms with Crippen LogP contribution in [0.3, 0.4) is 0 Å². The van der Waals surface area contributed by atoms with Crippen LogP contribution in [0.4, 0.5) is 5.82 Å². The minimum atomic E-state index is 0.0500. The topological polar surface area (TPSA) is 54.5 Å². The Morgan fingerprint density at radius 2 is 2.15 bits per heavy atom. The highest BCUT2D eigenvalue weighted by atomic mass is 16.5. The van der Waals surface area contributed by atoms with Gasteiger partial charge in [0, 0.05) is 31.4 Å². The van der Waals surface area contributed by atoms with Crippen LogP contribution in [-0.4, -0.2) is 47.6 Å². The molecule has 2 rings (SSSR count). The average molecular weight is 277 g/mol. The van der Waals surface area contributed by atoms with Gasteiger partial charge in [-0.1, -0.05) is 6.92 Å². The van der Waals surface area contributed by atoms with Gasteiger partial charge in [0.2, 0.25) is 0 Å². The second kappa shape index (κ2) is 6.70. The normalized spacial score (nSPS) is 22.6. The molecule has 1 aliphatic rings. The van der Waals surface area contributed by atoms with Gasteiger partial charge in [-0.25, -0.2) is 4.98 Å². The summed E-state index contributed by atoms with van der Waals surface area (Å²) in [6.07, 6.45) is 2.88. The number of nitrogens with one attached hydrogen (secondary N) is 1. The number of rotatable bonds is 4. The monoisotopic (exact) mass is 277 g/mol. The summed E-state index contributed by atoms with van der Waals surface area (Å²) in [4.78, 5) is 18.6. The van der Waals surface area contributed by atoms with Gasteiger partial charge in [-0.15, -0.1) is 0 Å². The summed E-state index contributed by atoms with van der Waals surface area (Å²) in [6.45, 7) is 8.23. The first-order chi connectivity index (χ1) is 9.60. The van der Waals surface area contributed by atoms with E-state index in [9.17, 15) is 4.79 Å². The Bertz CT molecular complexity index is 454. The zero-order valence-corrected chi connectivity index (χ0v) is 12.4. The zero-order valence-electron chi connectivity index (χ0n) is 12.4. The Labute approximate surface area is 120 Å². The van der Waals surface area contributed by atoms with Crippen molar-refractivity contribution in [2.24, 2.45) is 0 Å². The van der Waals surface area contributed by atoms with Crippen LogP contribution in [0.1, 0.15) is 37.6 Å². The highest BCUT2D eigenvalue weighted by Crippen LogP contribution is 2.15. The maximum absolute atomic E-state index is 12.5. The Balaban J connectivity index is 2.08. The van der Waals surface area contributed by atoms with Crippen LogP contribution in [0.25, 0.3) is 0 Å². The second-order valence-electron chi connectivity index (χ2n) is 5.32. The lowest BCUT2D eigenvalue weighted by molar-refractivity contribution is -0.0586. The molecular formula is C15H23N3O2. The number of hydrogen-bond acceptors (Lipinski definition) is 4. The van der Waals surface area contributed by atoms with E-state index in [1.165, 1.54) is 0 Å². The number of pyridine rings is 1. The predicted molar refractivity (Wildman–Crippen MR) is 78.9 cm³/mol. The molecule has 0 saturated carbocycles. The molecule has 1 aromatic heterocycles. The molecule has 0 aromatic carbocycles. The summed E-state index contributed by atoms with van der Waals surface area (Å²) in [5, 5.41) is 3.20. The number of ether oxygens (including phenoxy) is 1. The molecule has 1 aromatic rings. The smallest absolute Gasteiger partial charge is 0.254 e. The maximum atomic E-state index is 12.5. The van der Waals surface area contributed by atoms with E-state index < -0.39 is 0 Å². The van der Waals surface area contributed by atoms with Crippen LogP contribution in [-0.2, 0) is 4.74 Å². The molecule has 5 heteroatoms. The van der Waals surface area contributed by atoms with Gasteiger partial charge in [0.05, 0.1) is 12.2 Å². The van der Waals surface area contributed by atoms with Gasteiger partial charge >= 0.3 is 0 Å². The highest BCUT2D eigenvalue weighted by Gasteiger charge is 2.26. The predicted octanol–water partition coefficient (Wildman–Crippen LogP) is 2.15. The van der Waals surface area contributed by atoms with Crippen LogP contribution < -0.4 is 5.32 Å². The number of anilines is 1. The van der Waals surface area contributed by atoms with E-state index in [1.807, 2.05) is 24.8 Å². The average Bonchev–Trinajstić information content (AvgIpc) is 2.43. The van der Waals surface area contributed by atoms with E-state index in [2.05, 4.69) is 17.2 Å². The molecule has 1 fully saturated rings. The summed E-state index contributed by atoms with van der Waals surface area (Å²) in [6, 6.07) is 3.59. The highest BCUT2D eigenvalue weighted by molar-refractivity contribution is 5.94. The molecule has 20 heavy (non-hydrogen) atoms. The Morgan fingerprint density at radius 3 is 2.80 bits per heavy atom. The van der Waals surface area contributed by atoms with Gasteiger partial charge in [-0.3, -0.25) is 4.79 Å². The molecule has 1 amide bonds. The summed E-state index contributed by atoms with van der Waals surface area (Å²) in [5.41, 5.74) is 0.680. The number of carbonyl (C=O) groups excluding carboxylic acids is 1. The standard InChI is InChI=1S/C15H23N3O2/c1-4-6-16-14-8-13(5-7-17-14)15(19)18-9-11(2)20-12(3)10-18/h5,7-8,11-12H,4,6,9-10H2,1-3H3,(H,16,17). The molecule has 1 aliphatic heterocycles. The van der Waals surface area contributed by atoms with Gasteiger partial charge in [0.25, 0.3) is 5.91 Å². The molecular weight excluding hydrogens is 254 g/mol. The molecule has 110 valence electrons. The van der Waals surface area contributed by atoms with Crippen LogP contribution in [0.5, 0.6) is 0 Å². The minimum absolute atomic E-state index is 0.0500. The third-order valence-electron chi connectivity index (χ3n) is 3.27. The van der Waals surface area contributed by atoms with Crippen LogP contribution >= 0.6 is 0 Å². The summed E-state index contributed by atoms with van der Waals surface area (Å²) < 4.78 is 5.66. The summed E-state index contributed by atoms with van der Waals surface area (Å²) in [7, 11) is 0. The fraction of sp³-hybridized carbons (Fsp3) is 0.600.